The van der Waals surface area contributed by atoms with Gasteiger partial charge in [-0.05, 0) is 49.8 Å². The highest BCUT2D eigenvalue weighted by molar-refractivity contribution is 5.19. The SMILES string of the molecule is CC1CCCC(N[C@H](C)c2cccc(F)c2)CC1. The third-order valence-corrected chi connectivity index (χ3v) is 4.09. The fourth-order valence-electron chi connectivity index (χ4n) is 2.88. The van der Waals surface area contributed by atoms with Crippen molar-refractivity contribution >= 4 is 0 Å². The van der Waals surface area contributed by atoms with E-state index in [4.69, 9.17) is 0 Å². The summed E-state index contributed by atoms with van der Waals surface area (Å²) in [5.74, 6) is 0.719. The van der Waals surface area contributed by atoms with Gasteiger partial charge in [0.2, 0.25) is 0 Å². The first kappa shape index (κ1) is 13.5. The van der Waals surface area contributed by atoms with E-state index in [2.05, 4.69) is 19.2 Å². The normalized spacial score (nSPS) is 26.6. The second-order valence-electron chi connectivity index (χ2n) is 5.75. The maximum absolute atomic E-state index is 13.2. The Morgan fingerprint density at radius 1 is 1.22 bits per heavy atom. The van der Waals surface area contributed by atoms with Crippen LogP contribution in [-0.4, -0.2) is 6.04 Å². The Hall–Kier alpha value is -0.890. The minimum absolute atomic E-state index is 0.143. The van der Waals surface area contributed by atoms with Gasteiger partial charge in [0, 0.05) is 12.1 Å². The molecule has 1 aromatic carbocycles. The molecule has 1 fully saturated rings. The second-order valence-corrected chi connectivity index (χ2v) is 5.75. The van der Waals surface area contributed by atoms with Gasteiger partial charge >= 0.3 is 0 Å². The molecule has 0 amide bonds. The summed E-state index contributed by atoms with van der Waals surface area (Å²) in [5.41, 5.74) is 1.05. The minimum atomic E-state index is -0.143. The van der Waals surface area contributed by atoms with Crippen LogP contribution in [0.25, 0.3) is 0 Å². The van der Waals surface area contributed by atoms with Gasteiger partial charge in [-0.3, -0.25) is 0 Å². The molecule has 2 unspecified atom stereocenters. The van der Waals surface area contributed by atoms with Crippen LogP contribution in [0.3, 0.4) is 0 Å². The number of benzene rings is 1. The van der Waals surface area contributed by atoms with E-state index in [1.165, 1.54) is 38.2 Å². The molecule has 0 spiro atoms. The van der Waals surface area contributed by atoms with Gasteiger partial charge in [0.1, 0.15) is 5.82 Å². The molecular weight excluding hydrogens is 225 g/mol. The van der Waals surface area contributed by atoms with E-state index in [0.29, 0.717) is 6.04 Å². The van der Waals surface area contributed by atoms with E-state index in [1.807, 2.05) is 6.07 Å². The van der Waals surface area contributed by atoms with Crippen LogP contribution in [-0.2, 0) is 0 Å². The van der Waals surface area contributed by atoms with Crippen molar-refractivity contribution in [1.82, 2.24) is 5.32 Å². The molecule has 0 radical (unpaired) electrons. The zero-order valence-corrected chi connectivity index (χ0v) is 11.5. The average Bonchev–Trinajstić information content (AvgIpc) is 2.54. The van der Waals surface area contributed by atoms with E-state index in [0.717, 1.165) is 11.5 Å². The van der Waals surface area contributed by atoms with Crippen LogP contribution < -0.4 is 5.32 Å². The monoisotopic (exact) mass is 249 g/mol. The standard InChI is InChI=1S/C16H24FN/c1-12-5-3-8-16(10-9-12)18-13(2)14-6-4-7-15(17)11-14/h4,6-7,11-13,16,18H,3,5,8-10H2,1-2H3/t12?,13-,16?/m1/s1. The van der Waals surface area contributed by atoms with E-state index in [9.17, 15) is 4.39 Å². The van der Waals surface area contributed by atoms with Crippen LogP contribution >= 0.6 is 0 Å². The largest absolute Gasteiger partial charge is 0.307 e. The molecule has 100 valence electrons. The molecule has 0 aliphatic heterocycles. The molecule has 2 heteroatoms. The van der Waals surface area contributed by atoms with Gasteiger partial charge in [-0.2, -0.15) is 0 Å². The lowest BCUT2D eigenvalue weighted by Gasteiger charge is -2.22. The van der Waals surface area contributed by atoms with Gasteiger partial charge in [-0.15, -0.1) is 0 Å². The lowest BCUT2D eigenvalue weighted by atomic mass is 10.0. The lowest BCUT2D eigenvalue weighted by molar-refractivity contribution is 0.407. The summed E-state index contributed by atoms with van der Waals surface area (Å²) >= 11 is 0. The van der Waals surface area contributed by atoms with Crippen LogP contribution in [0.4, 0.5) is 4.39 Å². The first-order valence-electron chi connectivity index (χ1n) is 7.16. The number of hydrogen-bond donors (Lipinski definition) is 1. The third kappa shape index (κ3) is 3.81. The van der Waals surface area contributed by atoms with Crippen molar-refractivity contribution in [2.75, 3.05) is 0 Å². The van der Waals surface area contributed by atoms with Gasteiger partial charge in [0.15, 0.2) is 0 Å². The highest BCUT2D eigenvalue weighted by Gasteiger charge is 2.18. The maximum atomic E-state index is 13.2. The number of nitrogens with one attached hydrogen (secondary N) is 1. The Labute approximate surface area is 110 Å². The fraction of sp³-hybridized carbons (Fsp3) is 0.625. The third-order valence-electron chi connectivity index (χ3n) is 4.09. The molecule has 18 heavy (non-hydrogen) atoms. The summed E-state index contributed by atoms with van der Waals surface area (Å²) in [5, 5.41) is 3.66. The lowest BCUT2D eigenvalue weighted by Crippen LogP contribution is -2.31. The zero-order chi connectivity index (χ0) is 13.0. The molecule has 0 heterocycles. The molecule has 0 bridgehead atoms. The van der Waals surface area contributed by atoms with Crippen molar-refractivity contribution in [3.8, 4) is 0 Å². The highest BCUT2D eigenvalue weighted by atomic mass is 19.1. The summed E-state index contributed by atoms with van der Waals surface area (Å²) in [6.07, 6.45) is 6.49. The smallest absolute Gasteiger partial charge is 0.123 e. The Bertz CT molecular complexity index is 377. The van der Waals surface area contributed by atoms with E-state index in [1.54, 1.807) is 12.1 Å². The van der Waals surface area contributed by atoms with Crippen molar-refractivity contribution in [2.24, 2.45) is 5.92 Å². The van der Waals surface area contributed by atoms with Crippen LogP contribution in [0.2, 0.25) is 0 Å². The van der Waals surface area contributed by atoms with E-state index in [-0.39, 0.29) is 11.9 Å². The van der Waals surface area contributed by atoms with Crippen LogP contribution in [0, 0.1) is 11.7 Å². The molecule has 1 aliphatic carbocycles. The fourth-order valence-corrected chi connectivity index (χ4v) is 2.88. The van der Waals surface area contributed by atoms with Gasteiger partial charge < -0.3 is 5.32 Å². The summed E-state index contributed by atoms with van der Waals surface area (Å²) in [6.45, 7) is 4.47. The molecule has 1 nitrogen and oxygen atoms in total. The molecule has 0 saturated heterocycles. The molecular formula is C16H24FN. The number of rotatable bonds is 3. The van der Waals surface area contributed by atoms with Gasteiger partial charge in [0.25, 0.3) is 0 Å². The predicted molar refractivity (Wildman–Crippen MR) is 74.0 cm³/mol. The van der Waals surface area contributed by atoms with E-state index < -0.39 is 0 Å². The summed E-state index contributed by atoms with van der Waals surface area (Å²) < 4.78 is 13.2. The Kier molecular flexibility index (Phi) is 4.76. The molecule has 1 aromatic rings. The quantitative estimate of drug-likeness (QED) is 0.781. The summed E-state index contributed by atoms with van der Waals surface area (Å²) in [4.78, 5) is 0. The van der Waals surface area contributed by atoms with Crippen molar-refractivity contribution in [3.63, 3.8) is 0 Å². The van der Waals surface area contributed by atoms with Gasteiger partial charge in [0.05, 0.1) is 0 Å². The first-order valence-corrected chi connectivity index (χ1v) is 7.16. The highest BCUT2D eigenvalue weighted by Crippen LogP contribution is 2.24. The van der Waals surface area contributed by atoms with Crippen molar-refractivity contribution in [3.05, 3.63) is 35.6 Å². The molecule has 1 saturated carbocycles. The topological polar surface area (TPSA) is 12.0 Å². The Balaban J connectivity index is 1.92. The average molecular weight is 249 g/mol. The number of hydrogen-bond acceptors (Lipinski definition) is 1. The molecule has 3 atom stereocenters. The Morgan fingerprint density at radius 3 is 2.83 bits per heavy atom. The van der Waals surface area contributed by atoms with Crippen LogP contribution in [0.1, 0.15) is 57.6 Å². The Morgan fingerprint density at radius 2 is 2.06 bits per heavy atom. The minimum Gasteiger partial charge on any atom is -0.307 e. The van der Waals surface area contributed by atoms with Crippen molar-refractivity contribution in [1.29, 1.82) is 0 Å². The van der Waals surface area contributed by atoms with Crippen molar-refractivity contribution in [2.45, 2.75) is 58.0 Å². The molecule has 1 aliphatic rings. The van der Waals surface area contributed by atoms with Crippen LogP contribution in [0.5, 0.6) is 0 Å². The van der Waals surface area contributed by atoms with Gasteiger partial charge in [-0.25, -0.2) is 4.39 Å². The summed E-state index contributed by atoms with van der Waals surface area (Å²) in [7, 11) is 0. The molecule has 1 N–H and O–H groups in total. The first-order chi connectivity index (χ1) is 8.65. The second kappa shape index (κ2) is 6.33. The number of halogens is 1. The molecule has 0 aromatic heterocycles. The van der Waals surface area contributed by atoms with Crippen LogP contribution in [0.15, 0.2) is 24.3 Å². The summed E-state index contributed by atoms with van der Waals surface area (Å²) in [6, 6.07) is 7.76. The maximum Gasteiger partial charge on any atom is 0.123 e. The van der Waals surface area contributed by atoms with E-state index >= 15 is 0 Å². The van der Waals surface area contributed by atoms with Crippen molar-refractivity contribution < 1.29 is 4.39 Å². The van der Waals surface area contributed by atoms with Gasteiger partial charge in [-0.1, -0.05) is 31.9 Å². The molecule has 2 rings (SSSR count). The zero-order valence-electron chi connectivity index (χ0n) is 11.5. The predicted octanol–water partition coefficient (Wildman–Crippen LogP) is 4.45.